The summed E-state index contributed by atoms with van der Waals surface area (Å²) in [5.41, 5.74) is 3.07. The minimum atomic E-state index is -0.255. The van der Waals surface area contributed by atoms with Gasteiger partial charge in [-0.1, -0.05) is 0 Å². The lowest BCUT2D eigenvalue weighted by Gasteiger charge is -2.03. The lowest BCUT2D eigenvalue weighted by molar-refractivity contribution is 0.00910. The number of aryl methyl sites for hydroxylation is 2. The highest BCUT2D eigenvalue weighted by atomic mass is 32.1. The molecular weight excluding hydrogens is 216 g/mol. The van der Waals surface area contributed by atoms with Crippen LogP contribution in [0, 0.1) is 13.8 Å². The third-order valence-electron chi connectivity index (χ3n) is 1.66. The maximum atomic E-state index is 11.5. The van der Waals surface area contributed by atoms with Gasteiger partial charge in [0, 0.05) is 7.11 Å². The van der Waals surface area contributed by atoms with Crippen LogP contribution in [0.15, 0.2) is 0 Å². The quantitative estimate of drug-likeness (QED) is 0.607. The zero-order valence-electron chi connectivity index (χ0n) is 8.99. The molecule has 15 heavy (non-hydrogen) atoms. The highest BCUT2D eigenvalue weighted by Gasteiger charge is 2.13. The van der Waals surface area contributed by atoms with Gasteiger partial charge in [-0.05, 0) is 13.8 Å². The minimum absolute atomic E-state index is 0.255. The number of amides is 1. The fourth-order valence-corrected chi connectivity index (χ4v) is 1.84. The van der Waals surface area contributed by atoms with E-state index in [4.69, 9.17) is 9.57 Å². The number of nitrogens with zero attached hydrogens (tertiary/aromatic N) is 1. The molecule has 0 aromatic carbocycles. The van der Waals surface area contributed by atoms with Gasteiger partial charge in [0.15, 0.2) is 0 Å². The topological polar surface area (TPSA) is 60.5 Å². The maximum absolute atomic E-state index is 11.5. The van der Waals surface area contributed by atoms with E-state index in [0.717, 1.165) is 10.7 Å². The van der Waals surface area contributed by atoms with Crippen LogP contribution in [-0.2, 0) is 9.57 Å². The van der Waals surface area contributed by atoms with Crippen molar-refractivity contribution in [2.75, 3.05) is 20.3 Å². The Bertz CT molecular complexity index is 338. The zero-order chi connectivity index (χ0) is 11.3. The fourth-order valence-electron chi connectivity index (χ4n) is 1.03. The Morgan fingerprint density at radius 2 is 2.20 bits per heavy atom. The monoisotopic (exact) mass is 230 g/mol. The van der Waals surface area contributed by atoms with Gasteiger partial charge in [-0.25, -0.2) is 10.5 Å². The Labute approximate surface area is 92.4 Å². The van der Waals surface area contributed by atoms with Crippen molar-refractivity contribution in [2.45, 2.75) is 13.8 Å². The second kappa shape index (κ2) is 5.79. The van der Waals surface area contributed by atoms with E-state index in [-0.39, 0.29) is 5.91 Å². The van der Waals surface area contributed by atoms with E-state index in [1.807, 2.05) is 6.92 Å². The molecule has 0 aliphatic rings. The van der Waals surface area contributed by atoms with E-state index >= 15 is 0 Å². The van der Waals surface area contributed by atoms with Gasteiger partial charge in [-0.3, -0.25) is 9.63 Å². The summed E-state index contributed by atoms with van der Waals surface area (Å²) in [6.07, 6.45) is 0. The average molecular weight is 230 g/mol. The summed E-state index contributed by atoms with van der Waals surface area (Å²) in [4.78, 5) is 21.2. The Morgan fingerprint density at radius 3 is 2.73 bits per heavy atom. The molecule has 1 rings (SSSR count). The van der Waals surface area contributed by atoms with Crippen molar-refractivity contribution in [3.05, 3.63) is 15.6 Å². The second-order valence-corrected chi connectivity index (χ2v) is 4.12. The molecular formula is C9H14N2O3S. The number of hydroxylamine groups is 1. The molecule has 0 spiro atoms. The van der Waals surface area contributed by atoms with E-state index in [1.165, 1.54) is 11.3 Å². The first-order valence-electron chi connectivity index (χ1n) is 4.50. The van der Waals surface area contributed by atoms with Gasteiger partial charge in [0.25, 0.3) is 5.91 Å². The lowest BCUT2D eigenvalue weighted by atomic mass is 10.4. The van der Waals surface area contributed by atoms with Gasteiger partial charge >= 0.3 is 0 Å². The lowest BCUT2D eigenvalue weighted by Crippen LogP contribution is -2.25. The molecule has 0 atom stereocenters. The smallest absolute Gasteiger partial charge is 0.286 e. The van der Waals surface area contributed by atoms with Gasteiger partial charge < -0.3 is 4.74 Å². The van der Waals surface area contributed by atoms with Crippen molar-refractivity contribution < 1.29 is 14.4 Å². The molecule has 84 valence electrons. The van der Waals surface area contributed by atoms with Crippen molar-refractivity contribution in [3.63, 3.8) is 0 Å². The van der Waals surface area contributed by atoms with Gasteiger partial charge in [0.2, 0.25) is 0 Å². The third-order valence-corrected chi connectivity index (χ3v) is 2.74. The first-order valence-corrected chi connectivity index (χ1v) is 5.32. The number of aromatic nitrogens is 1. The molecule has 1 heterocycles. The van der Waals surface area contributed by atoms with Crippen LogP contribution in [0.4, 0.5) is 0 Å². The number of carbonyl (C=O) groups excluding carboxylic acids is 1. The highest BCUT2D eigenvalue weighted by Crippen LogP contribution is 2.16. The van der Waals surface area contributed by atoms with Crippen LogP contribution in [0.5, 0.6) is 0 Å². The van der Waals surface area contributed by atoms with Crippen molar-refractivity contribution in [3.8, 4) is 0 Å². The van der Waals surface area contributed by atoms with Crippen LogP contribution in [0.3, 0.4) is 0 Å². The normalized spacial score (nSPS) is 10.3. The van der Waals surface area contributed by atoms with E-state index < -0.39 is 0 Å². The van der Waals surface area contributed by atoms with Crippen LogP contribution in [0.1, 0.15) is 20.4 Å². The van der Waals surface area contributed by atoms with Crippen LogP contribution in [0.2, 0.25) is 0 Å². The second-order valence-electron chi connectivity index (χ2n) is 2.92. The molecule has 1 N–H and O–H groups in total. The molecule has 1 aromatic rings. The average Bonchev–Trinajstić information content (AvgIpc) is 2.52. The van der Waals surface area contributed by atoms with Crippen LogP contribution >= 0.6 is 11.3 Å². The summed E-state index contributed by atoms with van der Waals surface area (Å²) < 4.78 is 4.77. The Morgan fingerprint density at radius 1 is 1.47 bits per heavy atom. The summed E-state index contributed by atoms with van der Waals surface area (Å²) in [6, 6.07) is 0. The van der Waals surface area contributed by atoms with Gasteiger partial charge in [0.1, 0.15) is 4.88 Å². The number of carbonyl (C=O) groups is 1. The van der Waals surface area contributed by atoms with Gasteiger partial charge in [-0.15, -0.1) is 11.3 Å². The molecule has 0 saturated carbocycles. The zero-order valence-corrected chi connectivity index (χ0v) is 9.81. The van der Waals surface area contributed by atoms with Crippen molar-refractivity contribution in [1.29, 1.82) is 0 Å². The summed E-state index contributed by atoms with van der Waals surface area (Å²) in [5.74, 6) is -0.255. The molecule has 0 aliphatic carbocycles. The summed E-state index contributed by atoms with van der Waals surface area (Å²) in [5, 5.41) is 0.870. The Kier molecular flexibility index (Phi) is 4.67. The van der Waals surface area contributed by atoms with E-state index in [2.05, 4.69) is 10.5 Å². The Hall–Kier alpha value is -0.980. The minimum Gasteiger partial charge on any atom is -0.382 e. The molecule has 5 nitrogen and oxygen atoms in total. The molecule has 0 radical (unpaired) electrons. The molecule has 0 fully saturated rings. The number of methoxy groups -OCH3 is 1. The molecule has 1 aromatic heterocycles. The predicted molar refractivity (Wildman–Crippen MR) is 56.9 cm³/mol. The summed E-state index contributed by atoms with van der Waals surface area (Å²) in [7, 11) is 1.57. The number of ether oxygens (including phenoxy) is 1. The number of thiazole rings is 1. The van der Waals surface area contributed by atoms with Gasteiger partial charge in [-0.2, -0.15) is 0 Å². The SMILES string of the molecule is COCCONC(=O)c1sc(C)nc1C. The molecule has 1 amide bonds. The van der Waals surface area contributed by atoms with Crippen molar-refractivity contribution in [2.24, 2.45) is 0 Å². The fraction of sp³-hybridized carbons (Fsp3) is 0.556. The third kappa shape index (κ3) is 3.58. The van der Waals surface area contributed by atoms with E-state index in [9.17, 15) is 4.79 Å². The largest absolute Gasteiger partial charge is 0.382 e. The highest BCUT2D eigenvalue weighted by molar-refractivity contribution is 7.13. The predicted octanol–water partition coefficient (Wildman–Crippen LogP) is 1.07. The van der Waals surface area contributed by atoms with Crippen molar-refractivity contribution >= 4 is 17.2 Å². The van der Waals surface area contributed by atoms with Crippen LogP contribution in [0.25, 0.3) is 0 Å². The number of rotatable bonds is 5. The molecule has 0 saturated heterocycles. The summed E-state index contributed by atoms with van der Waals surface area (Å²) >= 11 is 1.35. The molecule has 0 bridgehead atoms. The standard InChI is InChI=1S/C9H14N2O3S/c1-6-8(15-7(2)10-6)9(12)11-14-5-4-13-3/h4-5H2,1-3H3,(H,11,12). The van der Waals surface area contributed by atoms with Crippen LogP contribution in [-0.4, -0.2) is 31.2 Å². The maximum Gasteiger partial charge on any atom is 0.286 e. The van der Waals surface area contributed by atoms with E-state index in [0.29, 0.717) is 18.1 Å². The first kappa shape index (κ1) is 12.1. The summed E-state index contributed by atoms with van der Waals surface area (Å²) in [6.45, 7) is 4.44. The van der Waals surface area contributed by atoms with Gasteiger partial charge in [0.05, 0.1) is 23.9 Å². The molecule has 6 heteroatoms. The number of hydrogen-bond acceptors (Lipinski definition) is 5. The number of nitrogens with one attached hydrogen (secondary N) is 1. The first-order chi connectivity index (χ1) is 7.15. The van der Waals surface area contributed by atoms with Crippen LogP contribution < -0.4 is 5.48 Å². The number of hydrogen-bond donors (Lipinski definition) is 1. The van der Waals surface area contributed by atoms with Crippen molar-refractivity contribution in [1.82, 2.24) is 10.5 Å². The molecule has 0 aliphatic heterocycles. The Balaban J connectivity index is 2.43. The van der Waals surface area contributed by atoms with E-state index in [1.54, 1.807) is 14.0 Å². The molecule has 0 unspecified atom stereocenters.